The normalized spacial score (nSPS) is 13.5. The van der Waals surface area contributed by atoms with Crippen LogP contribution in [0, 0.1) is 5.92 Å². The van der Waals surface area contributed by atoms with E-state index in [0.29, 0.717) is 12.6 Å². The van der Waals surface area contributed by atoms with Crippen molar-refractivity contribution in [1.82, 2.24) is 9.88 Å². The first-order chi connectivity index (χ1) is 15.6. The molecule has 4 nitrogen and oxygen atoms in total. The van der Waals surface area contributed by atoms with Crippen LogP contribution in [-0.4, -0.2) is 35.2 Å². The zero-order valence-corrected chi connectivity index (χ0v) is 20.2. The fourth-order valence-electron chi connectivity index (χ4n) is 4.29. The highest BCUT2D eigenvalue weighted by Gasteiger charge is 2.35. The van der Waals surface area contributed by atoms with Crippen molar-refractivity contribution in [2.24, 2.45) is 5.92 Å². The van der Waals surface area contributed by atoms with Gasteiger partial charge in [0, 0.05) is 34.3 Å². The second-order valence-corrected chi connectivity index (χ2v) is 9.38. The molecular weight excluding hydrogens is 416 g/mol. The molecule has 5 heteroatoms. The summed E-state index contributed by atoms with van der Waals surface area (Å²) in [5.74, 6) is 1.18. The number of carbonyl (C=O) groups excluding carboxylic acids is 1. The highest BCUT2D eigenvalue weighted by Crippen LogP contribution is 2.35. The Kier molecular flexibility index (Phi) is 7.04. The Balaban J connectivity index is 1.81. The second kappa shape index (κ2) is 9.95. The minimum absolute atomic E-state index is 0.0911. The number of ether oxygens (including phenoxy) is 1. The molecular formula is C27H32N2O2S. The summed E-state index contributed by atoms with van der Waals surface area (Å²) in [7, 11) is 1.68. The van der Waals surface area contributed by atoms with Crippen molar-refractivity contribution in [2.75, 3.05) is 13.4 Å². The molecule has 0 atom stereocenters. The molecule has 2 aromatic carbocycles. The fourth-order valence-corrected chi connectivity index (χ4v) is 4.72. The zero-order chi connectivity index (χ0) is 22.7. The van der Waals surface area contributed by atoms with Crippen LogP contribution in [0.4, 0.5) is 0 Å². The average Bonchev–Trinajstić information content (AvgIpc) is 3.67. The molecule has 0 radical (unpaired) electrons. The number of rotatable bonds is 9. The fraction of sp³-hybridized carbons (Fsp3) is 0.407. The van der Waals surface area contributed by atoms with Crippen LogP contribution < -0.4 is 4.74 Å². The number of aromatic nitrogens is 1. The number of benzene rings is 2. The van der Waals surface area contributed by atoms with E-state index in [9.17, 15) is 4.79 Å². The van der Waals surface area contributed by atoms with Gasteiger partial charge in [0.2, 0.25) is 5.91 Å². The predicted molar refractivity (Wildman–Crippen MR) is 133 cm³/mol. The van der Waals surface area contributed by atoms with Gasteiger partial charge in [0.15, 0.2) is 0 Å². The molecule has 1 aliphatic rings. The minimum atomic E-state index is 0.0911. The minimum Gasteiger partial charge on any atom is -0.497 e. The predicted octanol–water partition coefficient (Wildman–Crippen LogP) is 6.56. The van der Waals surface area contributed by atoms with Crippen LogP contribution in [0.2, 0.25) is 0 Å². The van der Waals surface area contributed by atoms with Crippen molar-refractivity contribution in [2.45, 2.75) is 57.0 Å². The van der Waals surface area contributed by atoms with Gasteiger partial charge in [-0.3, -0.25) is 4.79 Å². The van der Waals surface area contributed by atoms with Gasteiger partial charge in [0.1, 0.15) is 5.75 Å². The SMILES string of the molecule is CCC(CC)C(=O)N(Cc1cc2ccc(SC)cc2nc1-c1cccc(OC)c1)C1CC1. The van der Waals surface area contributed by atoms with Gasteiger partial charge < -0.3 is 9.64 Å². The lowest BCUT2D eigenvalue weighted by atomic mass is 9.99. The maximum Gasteiger partial charge on any atom is 0.226 e. The summed E-state index contributed by atoms with van der Waals surface area (Å²) in [6.07, 6.45) is 6.04. The topological polar surface area (TPSA) is 42.4 Å². The van der Waals surface area contributed by atoms with E-state index >= 15 is 0 Å². The zero-order valence-electron chi connectivity index (χ0n) is 19.4. The highest BCUT2D eigenvalue weighted by molar-refractivity contribution is 7.98. The van der Waals surface area contributed by atoms with Gasteiger partial charge in [-0.2, -0.15) is 0 Å². The molecule has 1 saturated carbocycles. The van der Waals surface area contributed by atoms with Crippen LogP contribution in [0.3, 0.4) is 0 Å². The van der Waals surface area contributed by atoms with Crippen LogP contribution in [0.25, 0.3) is 22.2 Å². The first-order valence-corrected chi connectivity index (χ1v) is 12.7. The highest BCUT2D eigenvalue weighted by atomic mass is 32.2. The van der Waals surface area contributed by atoms with Gasteiger partial charge in [-0.1, -0.05) is 32.0 Å². The lowest BCUT2D eigenvalue weighted by Crippen LogP contribution is -2.37. The third-order valence-electron chi connectivity index (χ3n) is 6.39. The van der Waals surface area contributed by atoms with Gasteiger partial charge >= 0.3 is 0 Å². The Morgan fingerprint density at radius 3 is 2.59 bits per heavy atom. The Bertz CT molecular complexity index is 1110. The maximum absolute atomic E-state index is 13.4. The number of nitrogens with zero attached hydrogens (tertiary/aromatic N) is 2. The summed E-state index contributed by atoms with van der Waals surface area (Å²) in [5.41, 5.74) is 4.01. The van der Waals surface area contributed by atoms with Crippen LogP contribution in [0.1, 0.15) is 45.1 Å². The van der Waals surface area contributed by atoms with Crippen LogP contribution in [0.15, 0.2) is 53.4 Å². The Morgan fingerprint density at radius 2 is 1.94 bits per heavy atom. The van der Waals surface area contributed by atoms with Crippen molar-refractivity contribution in [1.29, 1.82) is 0 Å². The molecule has 0 spiro atoms. The Morgan fingerprint density at radius 1 is 1.16 bits per heavy atom. The monoisotopic (exact) mass is 448 g/mol. The first-order valence-electron chi connectivity index (χ1n) is 11.5. The first kappa shape index (κ1) is 22.7. The molecule has 0 N–H and O–H groups in total. The van der Waals surface area contributed by atoms with E-state index in [-0.39, 0.29) is 11.8 Å². The molecule has 0 aliphatic heterocycles. The van der Waals surface area contributed by atoms with E-state index in [4.69, 9.17) is 9.72 Å². The largest absolute Gasteiger partial charge is 0.497 e. The van der Waals surface area contributed by atoms with E-state index in [1.54, 1.807) is 18.9 Å². The summed E-state index contributed by atoms with van der Waals surface area (Å²) in [6, 6.07) is 17.0. The number of hydrogen-bond acceptors (Lipinski definition) is 4. The molecule has 0 unspecified atom stereocenters. The lowest BCUT2D eigenvalue weighted by Gasteiger charge is -2.27. The quantitative estimate of drug-likeness (QED) is 0.348. The molecule has 4 rings (SSSR count). The van der Waals surface area contributed by atoms with E-state index < -0.39 is 0 Å². The summed E-state index contributed by atoms with van der Waals surface area (Å²) in [5, 5.41) is 1.11. The van der Waals surface area contributed by atoms with Crippen molar-refractivity contribution in [3.05, 3.63) is 54.1 Å². The van der Waals surface area contributed by atoms with Crippen LogP contribution in [-0.2, 0) is 11.3 Å². The summed E-state index contributed by atoms with van der Waals surface area (Å²) in [4.78, 5) is 21.8. The van der Waals surface area contributed by atoms with E-state index in [0.717, 1.165) is 59.2 Å². The summed E-state index contributed by atoms with van der Waals surface area (Å²) in [6.45, 7) is 4.82. The number of pyridine rings is 1. The number of hydrogen-bond donors (Lipinski definition) is 0. The molecule has 3 aromatic rings. The number of amides is 1. The van der Waals surface area contributed by atoms with E-state index in [2.05, 4.69) is 55.3 Å². The van der Waals surface area contributed by atoms with Crippen molar-refractivity contribution < 1.29 is 9.53 Å². The average molecular weight is 449 g/mol. The molecule has 32 heavy (non-hydrogen) atoms. The van der Waals surface area contributed by atoms with Gasteiger partial charge in [-0.05, 0) is 67.8 Å². The number of fused-ring (bicyclic) bond motifs is 1. The maximum atomic E-state index is 13.4. The van der Waals surface area contributed by atoms with Crippen molar-refractivity contribution in [3.8, 4) is 17.0 Å². The third kappa shape index (κ3) is 4.78. The molecule has 1 fully saturated rings. The molecule has 0 bridgehead atoms. The summed E-state index contributed by atoms with van der Waals surface area (Å²) >= 11 is 1.72. The molecule has 1 amide bonds. The lowest BCUT2D eigenvalue weighted by molar-refractivity contribution is -0.137. The molecule has 1 aliphatic carbocycles. The molecule has 0 saturated heterocycles. The van der Waals surface area contributed by atoms with Crippen LogP contribution >= 0.6 is 11.8 Å². The van der Waals surface area contributed by atoms with E-state index in [1.165, 1.54) is 4.90 Å². The van der Waals surface area contributed by atoms with Gasteiger partial charge in [0.05, 0.1) is 18.3 Å². The summed E-state index contributed by atoms with van der Waals surface area (Å²) < 4.78 is 5.47. The molecule has 1 heterocycles. The smallest absolute Gasteiger partial charge is 0.226 e. The third-order valence-corrected chi connectivity index (χ3v) is 7.12. The molecule has 168 valence electrons. The van der Waals surface area contributed by atoms with Gasteiger partial charge in [0.25, 0.3) is 0 Å². The van der Waals surface area contributed by atoms with Crippen molar-refractivity contribution in [3.63, 3.8) is 0 Å². The number of methoxy groups -OCH3 is 1. The van der Waals surface area contributed by atoms with Gasteiger partial charge in [-0.25, -0.2) is 4.98 Å². The second-order valence-electron chi connectivity index (χ2n) is 8.50. The van der Waals surface area contributed by atoms with E-state index in [1.807, 2.05) is 18.2 Å². The van der Waals surface area contributed by atoms with Gasteiger partial charge in [-0.15, -0.1) is 11.8 Å². The Labute approximate surface area is 195 Å². The standard InChI is InChI=1S/C27H32N2O2S/c1-5-18(6-2)27(30)29(22-11-12-22)17-21-14-19-10-13-24(32-4)16-25(19)28-26(21)20-8-7-9-23(15-20)31-3/h7-10,13-16,18,22H,5-6,11-12,17H2,1-4H3. The Hall–Kier alpha value is -2.53. The molecule has 1 aromatic heterocycles. The van der Waals surface area contributed by atoms with Crippen LogP contribution in [0.5, 0.6) is 5.75 Å². The van der Waals surface area contributed by atoms with Crippen molar-refractivity contribution >= 4 is 28.6 Å². The number of carbonyl (C=O) groups is 1. The number of thioether (sulfide) groups is 1.